The SMILES string of the molecule is CCNC(=O)Nc1ccc2ncc(-c3cc(F)c(F)c(F)c3)nc2n1. The highest BCUT2D eigenvalue weighted by Gasteiger charge is 2.13. The Morgan fingerprint density at radius 3 is 2.52 bits per heavy atom. The van der Waals surface area contributed by atoms with Crippen molar-refractivity contribution in [3.8, 4) is 11.3 Å². The van der Waals surface area contributed by atoms with Crippen LogP contribution in [-0.2, 0) is 0 Å². The monoisotopic (exact) mass is 347 g/mol. The molecule has 0 bridgehead atoms. The molecule has 0 fully saturated rings. The summed E-state index contributed by atoms with van der Waals surface area (Å²) in [5.74, 6) is -3.96. The molecule has 6 nitrogen and oxygen atoms in total. The first-order chi connectivity index (χ1) is 12.0. The zero-order valence-corrected chi connectivity index (χ0v) is 13.0. The molecule has 0 radical (unpaired) electrons. The Labute approximate surface area is 140 Å². The van der Waals surface area contributed by atoms with Crippen LogP contribution < -0.4 is 10.6 Å². The quantitative estimate of drug-likeness (QED) is 0.713. The standard InChI is InChI=1S/C16H12F3N5O/c1-2-20-16(25)24-13-4-3-11-15(23-13)22-12(7-21-11)8-5-9(17)14(19)10(18)6-8/h3-7H,2H2,1H3,(H2,20,22,23,24,25). The second-order valence-corrected chi connectivity index (χ2v) is 5.03. The Morgan fingerprint density at radius 2 is 1.84 bits per heavy atom. The van der Waals surface area contributed by atoms with Crippen molar-refractivity contribution in [3.63, 3.8) is 0 Å². The van der Waals surface area contributed by atoms with Crippen molar-refractivity contribution in [3.05, 3.63) is 47.9 Å². The first kappa shape index (κ1) is 16.6. The molecule has 2 N–H and O–H groups in total. The summed E-state index contributed by atoms with van der Waals surface area (Å²) in [6, 6.07) is 4.35. The van der Waals surface area contributed by atoms with Gasteiger partial charge < -0.3 is 5.32 Å². The first-order valence-electron chi connectivity index (χ1n) is 7.31. The topological polar surface area (TPSA) is 79.8 Å². The van der Waals surface area contributed by atoms with Crippen LogP contribution in [0.3, 0.4) is 0 Å². The molecule has 0 spiro atoms. The van der Waals surface area contributed by atoms with Gasteiger partial charge in [-0.2, -0.15) is 0 Å². The molecule has 0 saturated carbocycles. The van der Waals surface area contributed by atoms with Crippen LogP contribution in [0.5, 0.6) is 0 Å². The van der Waals surface area contributed by atoms with E-state index in [4.69, 9.17) is 0 Å². The van der Waals surface area contributed by atoms with E-state index in [0.29, 0.717) is 12.1 Å². The Morgan fingerprint density at radius 1 is 1.12 bits per heavy atom. The smallest absolute Gasteiger partial charge is 0.320 e. The van der Waals surface area contributed by atoms with Gasteiger partial charge in [0.15, 0.2) is 23.1 Å². The minimum atomic E-state index is -1.55. The third kappa shape index (κ3) is 3.49. The number of halogens is 3. The molecular weight excluding hydrogens is 335 g/mol. The van der Waals surface area contributed by atoms with E-state index in [1.807, 2.05) is 0 Å². The van der Waals surface area contributed by atoms with Gasteiger partial charge in [0, 0.05) is 12.1 Å². The van der Waals surface area contributed by atoms with E-state index < -0.39 is 23.5 Å². The minimum absolute atomic E-state index is 0.0229. The Kier molecular flexibility index (Phi) is 4.46. The van der Waals surface area contributed by atoms with E-state index in [1.54, 1.807) is 19.1 Å². The molecule has 0 saturated heterocycles. The van der Waals surface area contributed by atoms with Crippen LogP contribution >= 0.6 is 0 Å². The summed E-state index contributed by atoms with van der Waals surface area (Å²) < 4.78 is 39.8. The van der Waals surface area contributed by atoms with Crippen LogP contribution in [-0.4, -0.2) is 27.5 Å². The zero-order valence-electron chi connectivity index (χ0n) is 13.0. The van der Waals surface area contributed by atoms with Crippen LogP contribution in [0.1, 0.15) is 6.92 Å². The number of benzene rings is 1. The Hall–Kier alpha value is -3.23. The van der Waals surface area contributed by atoms with Gasteiger partial charge in [-0.25, -0.2) is 27.9 Å². The van der Waals surface area contributed by atoms with E-state index >= 15 is 0 Å². The lowest BCUT2D eigenvalue weighted by Crippen LogP contribution is -2.28. The first-order valence-corrected chi connectivity index (χ1v) is 7.31. The number of rotatable bonds is 3. The predicted molar refractivity (Wildman–Crippen MR) is 85.3 cm³/mol. The number of nitrogens with zero attached hydrogens (tertiary/aromatic N) is 3. The molecule has 3 rings (SSSR count). The number of amides is 2. The lowest BCUT2D eigenvalue weighted by atomic mass is 10.1. The number of carbonyl (C=O) groups is 1. The maximum Gasteiger partial charge on any atom is 0.320 e. The van der Waals surface area contributed by atoms with Crippen molar-refractivity contribution < 1.29 is 18.0 Å². The summed E-state index contributed by atoms with van der Waals surface area (Å²) in [6.07, 6.45) is 1.30. The number of nitrogens with one attached hydrogen (secondary N) is 2. The van der Waals surface area contributed by atoms with E-state index in [1.165, 1.54) is 6.20 Å². The molecule has 9 heteroatoms. The van der Waals surface area contributed by atoms with Gasteiger partial charge in [0.1, 0.15) is 11.3 Å². The van der Waals surface area contributed by atoms with Gasteiger partial charge in [-0.1, -0.05) is 0 Å². The number of anilines is 1. The molecule has 25 heavy (non-hydrogen) atoms. The molecule has 0 unspecified atom stereocenters. The van der Waals surface area contributed by atoms with Crippen molar-refractivity contribution >= 4 is 23.0 Å². The number of hydrogen-bond acceptors (Lipinski definition) is 4. The maximum atomic E-state index is 13.4. The summed E-state index contributed by atoms with van der Waals surface area (Å²) in [5.41, 5.74) is 0.729. The van der Waals surface area contributed by atoms with Crippen LogP contribution in [0.2, 0.25) is 0 Å². The highest BCUT2D eigenvalue weighted by Crippen LogP contribution is 2.23. The number of hydrogen-bond donors (Lipinski definition) is 2. The second kappa shape index (κ2) is 6.71. The molecule has 0 aliphatic carbocycles. The number of fused-ring (bicyclic) bond motifs is 1. The zero-order chi connectivity index (χ0) is 18.0. The van der Waals surface area contributed by atoms with Crippen LogP contribution in [0.4, 0.5) is 23.8 Å². The van der Waals surface area contributed by atoms with Crippen molar-refractivity contribution in [2.24, 2.45) is 0 Å². The molecule has 128 valence electrons. The normalized spacial score (nSPS) is 10.7. The maximum absolute atomic E-state index is 13.4. The van der Waals surface area contributed by atoms with E-state index in [9.17, 15) is 18.0 Å². The number of urea groups is 1. The molecule has 1 aromatic carbocycles. The number of carbonyl (C=O) groups excluding carboxylic acids is 1. The highest BCUT2D eigenvalue weighted by atomic mass is 19.2. The van der Waals surface area contributed by atoms with Crippen molar-refractivity contribution in [1.82, 2.24) is 20.3 Å². The van der Waals surface area contributed by atoms with Gasteiger partial charge in [0.2, 0.25) is 0 Å². The Bertz CT molecular complexity index is 941. The van der Waals surface area contributed by atoms with Crippen LogP contribution in [0, 0.1) is 17.5 Å². The molecule has 0 aliphatic rings. The second-order valence-electron chi connectivity index (χ2n) is 5.03. The summed E-state index contributed by atoms with van der Waals surface area (Å²) in [4.78, 5) is 23.9. The average Bonchev–Trinajstić information content (AvgIpc) is 2.58. The fourth-order valence-electron chi connectivity index (χ4n) is 2.13. The molecule has 3 aromatic rings. The summed E-state index contributed by atoms with van der Waals surface area (Å²) >= 11 is 0. The minimum Gasteiger partial charge on any atom is -0.338 e. The van der Waals surface area contributed by atoms with E-state index in [-0.39, 0.29) is 22.7 Å². The van der Waals surface area contributed by atoms with E-state index in [0.717, 1.165) is 12.1 Å². The summed E-state index contributed by atoms with van der Waals surface area (Å²) in [5, 5.41) is 5.07. The van der Waals surface area contributed by atoms with Gasteiger partial charge in [-0.3, -0.25) is 10.3 Å². The van der Waals surface area contributed by atoms with Gasteiger partial charge in [0.05, 0.1) is 11.9 Å². The summed E-state index contributed by atoms with van der Waals surface area (Å²) in [6.45, 7) is 2.22. The van der Waals surface area contributed by atoms with Crippen LogP contribution in [0.15, 0.2) is 30.5 Å². The van der Waals surface area contributed by atoms with Gasteiger partial charge >= 0.3 is 6.03 Å². The van der Waals surface area contributed by atoms with Gasteiger partial charge in [0.25, 0.3) is 0 Å². The van der Waals surface area contributed by atoms with Crippen LogP contribution in [0.25, 0.3) is 22.4 Å². The molecule has 2 amide bonds. The average molecular weight is 347 g/mol. The molecule has 0 aliphatic heterocycles. The molecule has 2 aromatic heterocycles. The Balaban J connectivity index is 1.99. The lowest BCUT2D eigenvalue weighted by molar-refractivity contribution is 0.252. The molecule has 0 atom stereocenters. The number of pyridine rings is 1. The van der Waals surface area contributed by atoms with Crippen molar-refractivity contribution in [2.75, 3.05) is 11.9 Å². The third-order valence-electron chi connectivity index (χ3n) is 3.27. The molecule has 2 heterocycles. The largest absolute Gasteiger partial charge is 0.338 e. The van der Waals surface area contributed by atoms with E-state index in [2.05, 4.69) is 25.6 Å². The van der Waals surface area contributed by atoms with Gasteiger partial charge in [-0.05, 0) is 31.2 Å². The van der Waals surface area contributed by atoms with Crippen molar-refractivity contribution in [1.29, 1.82) is 0 Å². The van der Waals surface area contributed by atoms with Gasteiger partial charge in [-0.15, -0.1) is 0 Å². The fraction of sp³-hybridized carbons (Fsp3) is 0.125. The third-order valence-corrected chi connectivity index (χ3v) is 3.27. The number of aromatic nitrogens is 3. The highest BCUT2D eigenvalue weighted by molar-refractivity contribution is 5.89. The summed E-state index contributed by atoms with van der Waals surface area (Å²) in [7, 11) is 0. The predicted octanol–water partition coefficient (Wildman–Crippen LogP) is 3.25. The fourth-order valence-corrected chi connectivity index (χ4v) is 2.13. The van der Waals surface area contributed by atoms with Crippen molar-refractivity contribution in [2.45, 2.75) is 6.92 Å². The lowest BCUT2D eigenvalue weighted by Gasteiger charge is -2.07. The molecular formula is C16H12F3N5O.